The fourth-order valence-corrected chi connectivity index (χ4v) is 2.75. The first-order valence-electron chi connectivity index (χ1n) is 6.07. The summed E-state index contributed by atoms with van der Waals surface area (Å²) >= 11 is 10.6. The molecule has 0 aromatic carbocycles. The Balaban J connectivity index is 1.73. The van der Waals surface area contributed by atoms with E-state index in [9.17, 15) is 4.57 Å². The van der Waals surface area contributed by atoms with Crippen molar-refractivity contribution in [2.45, 2.75) is 19.1 Å². The Bertz CT molecular complexity index is 720. The summed E-state index contributed by atoms with van der Waals surface area (Å²) in [4.78, 5) is 12.3. The Kier molecular flexibility index (Phi) is 3.83. The highest BCUT2D eigenvalue weighted by atomic mass is 35.9. The number of nitrogen functional groups attached to an aromatic ring is 1. The Morgan fingerprint density at radius 2 is 2.19 bits per heavy atom. The first-order chi connectivity index (χ1) is 9.88. The topological polar surface area (TPSA) is 105 Å². The molecule has 0 spiro atoms. The van der Waals surface area contributed by atoms with Crippen LogP contribution in [0.1, 0.15) is 13.0 Å². The quantitative estimate of drug-likeness (QED) is 0.651. The van der Waals surface area contributed by atoms with Gasteiger partial charge in [0, 0.05) is 5.92 Å². The van der Waals surface area contributed by atoms with Crippen molar-refractivity contribution in [3.05, 3.63) is 12.7 Å². The molecule has 1 aliphatic rings. The first kappa shape index (κ1) is 15.0. The summed E-state index contributed by atoms with van der Waals surface area (Å²) < 4.78 is 23.0. The van der Waals surface area contributed by atoms with Crippen molar-refractivity contribution in [2.24, 2.45) is 5.92 Å². The van der Waals surface area contributed by atoms with Crippen molar-refractivity contribution in [3.8, 4) is 0 Å². The fourth-order valence-electron chi connectivity index (χ4n) is 2.33. The highest BCUT2D eigenvalue weighted by molar-refractivity contribution is 8.05. The number of nitrogens with two attached hydrogens (primary N) is 1. The average molecular weight is 352 g/mol. The maximum atomic E-state index is 11.0. The molecular weight excluding hydrogens is 340 g/mol. The molecule has 0 aliphatic heterocycles. The zero-order chi connectivity index (χ0) is 15.2. The predicted molar refractivity (Wildman–Crippen MR) is 78.1 cm³/mol. The van der Waals surface area contributed by atoms with Crippen molar-refractivity contribution in [3.63, 3.8) is 0 Å². The second kappa shape index (κ2) is 5.37. The number of rotatable bonds is 5. The van der Waals surface area contributed by atoms with Crippen LogP contribution in [0.5, 0.6) is 0 Å². The number of nitrogens with zero attached hydrogens (tertiary/aromatic N) is 4. The standard InChI is InChI=1S/C10H12Cl2N5O3P/c1-5-7(8(5)19-4-20-21(11,12)18)17-3-16-6-9(13)14-2-15-10(6)17/h2-3,5,7-8H,4H2,1H3,(H2,13,14,15)/t5-,7-,8?/m1/s1. The van der Waals surface area contributed by atoms with Gasteiger partial charge < -0.3 is 15.0 Å². The van der Waals surface area contributed by atoms with Crippen molar-refractivity contribution in [1.82, 2.24) is 19.5 Å². The van der Waals surface area contributed by atoms with Crippen molar-refractivity contribution in [1.29, 1.82) is 0 Å². The number of fused-ring (bicyclic) bond motifs is 1. The molecule has 2 N–H and O–H groups in total. The predicted octanol–water partition coefficient (Wildman–Crippen LogP) is 2.54. The third-order valence-corrected chi connectivity index (χ3v) is 4.42. The molecule has 1 fully saturated rings. The van der Waals surface area contributed by atoms with Crippen LogP contribution in [0.3, 0.4) is 0 Å². The van der Waals surface area contributed by atoms with Gasteiger partial charge in [-0.05, 0) is 22.5 Å². The Morgan fingerprint density at radius 1 is 1.43 bits per heavy atom. The van der Waals surface area contributed by atoms with Gasteiger partial charge in [-0.1, -0.05) is 6.92 Å². The molecular formula is C10H12Cl2N5O3P. The lowest BCUT2D eigenvalue weighted by Crippen LogP contribution is -2.04. The van der Waals surface area contributed by atoms with E-state index >= 15 is 0 Å². The minimum absolute atomic E-state index is 0.0398. The van der Waals surface area contributed by atoms with Gasteiger partial charge in [0.25, 0.3) is 0 Å². The summed E-state index contributed by atoms with van der Waals surface area (Å²) in [7, 11) is 0. The molecule has 0 saturated heterocycles. The van der Waals surface area contributed by atoms with Gasteiger partial charge in [-0.15, -0.1) is 0 Å². The van der Waals surface area contributed by atoms with E-state index in [0.29, 0.717) is 17.0 Å². The van der Waals surface area contributed by atoms with Crippen LogP contribution in [0, 0.1) is 5.92 Å². The minimum Gasteiger partial charge on any atom is -0.382 e. The third-order valence-electron chi connectivity index (χ3n) is 3.42. The Morgan fingerprint density at radius 3 is 2.90 bits per heavy atom. The smallest absolute Gasteiger partial charge is 0.382 e. The van der Waals surface area contributed by atoms with Gasteiger partial charge in [-0.2, -0.15) is 0 Å². The van der Waals surface area contributed by atoms with Crippen molar-refractivity contribution in [2.75, 3.05) is 12.5 Å². The van der Waals surface area contributed by atoms with Gasteiger partial charge in [-0.3, -0.25) is 9.09 Å². The molecule has 3 rings (SSSR count). The van der Waals surface area contributed by atoms with E-state index in [0.717, 1.165) is 0 Å². The third kappa shape index (κ3) is 3.00. The van der Waals surface area contributed by atoms with Crippen LogP contribution in [0.2, 0.25) is 0 Å². The number of halogens is 2. The second-order valence-corrected chi connectivity index (χ2v) is 9.00. The van der Waals surface area contributed by atoms with E-state index in [1.807, 2.05) is 11.5 Å². The SMILES string of the molecule is C[C@H]1C(OCOP(=O)(Cl)Cl)[C@@H]1n1cnc2c(N)ncnc21. The number of hydrogen-bond donors (Lipinski definition) is 1. The summed E-state index contributed by atoms with van der Waals surface area (Å²) in [6.07, 6.45) is -0.667. The highest BCUT2D eigenvalue weighted by Crippen LogP contribution is 2.58. The Hall–Kier alpha value is -0.920. The highest BCUT2D eigenvalue weighted by Gasteiger charge is 2.50. The number of aromatic nitrogens is 4. The molecule has 0 amide bonds. The average Bonchev–Trinajstić information content (AvgIpc) is 2.84. The summed E-state index contributed by atoms with van der Waals surface area (Å²) in [5.41, 5.74) is 6.95. The van der Waals surface area contributed by atoms with Gasteiger partial charge in [0.1, 0.15) is 11.8 Å². The van der Waals surface area contributed by atoms with Crippen LogP contribution in [0.25, 0.3) is 11.2 Å². The molecule has 2 aromatic heterocycles. The molecule has 1 saturated carbocycles. The lowest BCUT2D eigenvalue weighted by atomic mass is 10.4. The molecule has 21 heavy (non-hydrogen) atoms. The van der Waals surface area contributed by atoms with Crippen molar-refractivity contribution < 1.29 is 13.8 Å². The molecule has 1 aliphatic carbocycles. The fraction of sp³-hybridized carbons (Fsp3) is 0.500. The normalized spacial score (nSPS) is 25.4. The van der Waals surface area contributed by atoms with E-state index in [1.54, 1.807) is 6.33 Å². The van der Waals surface area contributed by atoms with Crippen LogP contribution in [-0.2, 0) is 13.8 Å². The number of anilines is 1. The van der Waals surface area contributed by atoms with Gasteiger partial charge in [0.05, 0.1) is 18.5 Å². The summed E-state index contributed by atoms with van der Waals surface area (Å²) in [6, 6.07) is 0.0398. The maximum absolute atomic E-state index is 11.0. The van der Waals surface area contributed by atoms with Crippen LogP contribution in [0.4, 0.5) is 5.82 Å². The molecule has 1 unspecified atom stereocenters. The maximum Gasteiger partial charge on any atom is 0.382 e. The van der Waals surface area contributed by atoms with Gasteiger partial charge in [-0.25, -0.2) is 15.0 Å². The Labute approximate surface area is 129 Å². The van der Waals surface area contributed by atoms with E-state index < -0.39 is 6.07 Å². The lowest BCUT2D eigenvalue weighted by Gasteiger charge is -2.06. The van der Waals surface area contributed by atoms with Crippen LogP contribution < -0.4 is 5.73 Å². The summed E-state index contributed by atoms with van der Waals surface area (Å²) in [6.45, 7) is 1.77. The number of hydrogen-bond acceptors (Lipinski definition) is 7. The number of imidazole rings is 1. The second-order valence-electron chi connectivity index (χ2n) is 4.73. The molecule has 2 aromatic rings. The molecule has 2 heterocycles. The zero-order valence-electron chi connectivity index (χ0n) is 10.9. The molecule has 0 radical (unpaired) electrons. The molecule has 11 heteroatoms. The lowest BCUT2D eigenvalue weighted by molar-refractivity contribution is 0.000683. The molecule has 0 bridgehead atoms. The van der Waals surface area contributed by atoms with E-state index in [1.165, 1.54) is 6.33 Å². The summed E-state index contributed by atoms with van der Waals surface area (Å²) in [5.74, 6) is 0.547. The van der Waals surface area contributed by atoms with Crippen LogP contribution in [-0.4, -0.2) is 32.4 Å². The zero-order valence-corrected chi connectivity index (χ0v) is 13.3. The monoisotopic (exact) mass is 351 g/mol. The van der Waals surface area contributed by atoms with E-state index in [2.05, 4.69) is 15.0 Å². The van der Waals surface area contributed by atoms with Gasteiger partial charge in [0.2, 0.25) is 0 Å². The van der Waals surface area contributed by atoms with Crippen LogP contribution >= 0.6 is 28.6 Å². The first-order valence-corrected chi connectivity index (χ1v) is 9.50. The van der Waals surface area contributed by atoms with Gasteiger partial charge in [0.15, 0.2) is 18.3 Å². The van der Waals surface area contributed by atoms with Gasteiger partial charge >= 0.3 is 6.07 Å². The minimum atomic E-state index is -3.58. The van der Waals surface area contributed by atoms with Crippen LogP contribution in [0.15, 0.2) is 12.7 Å². The number of ether oxygens (including phenoxy) is 1. The molecule has 3 atom stereocenters. The van der Waals surface area contributed by atoms with E-state index in [4.69, 9.17) is 37.5 Å². The largest absolute Gasteiger partial charge is 0.382 e. The van der Waals surface area contributed by atoms with Crippen molar-refractivity contribution >= 4 is 45.5 Å². The summed E-state index contributed by atoms with van der Waals surface area (Å²) in [5, 5.41) is 0. The van der Waals surface area contributed by atoms with E-state index in [-0.39, 0.29) is 24.9 Å². The molecule has 8 nitrogen and oxygen atoms in total. The molecule has 114 valence electrons.